The van der Waals surface area contributed by atoms with E-state index < -0.39 is 36.5 Å². The van der Waals surface area contributed by atoms with Gasteiger partial charge in [-0.15, -0.1) is 0 Å². The maximum atomic E-state index is 13.4. The summed E-state index contributed by atoms with van der Waals surface area (Å²) in [6, 6.07) is 1.60. The molecule has 1 aromatic carbocycles. The Morgan fingerprint density at radius 3 is 2.60 bits per heavy atom. The molecule has 0 aliphatic carbocycles. The Morgan fingerprint density at radius 2 is 2.10 bits per heavy atom. The number of rotatable bonds is 5. The van der Waals surface area contributed by atoms with Crippen molar-refractivity contribution in [2.24, 2.45) is 0 Å². The molecular formula is C10H10BrClFNO4S2. The molecule has 0 saturated carbocycles. The topological polar surface area (TPSA) is 80.3 Å². The number of amides is 1. The molecule has 0 radical (unpaired) electrons. The van der Waals surface area contributed by atoms with E-state index in [9.17, 15) is 21.8 Å². The summed E-state index contributed by atoms with van der Waals surface area (Å²) in [5, 5.41) is 2.41. The van der Waals surface area contributed by atoms with Crippen molar-refractivity contribution in [2.45, 2.75) is 4.90 Å². The van der Waals surface area contributed by atoms with E-state index in [1.165, 1.54) is 6.26 Å². The van der Waals surface area contributed by atoms with Gasteiger partial charge in [-0.25, -0.2) is 12.8 Å². The van der Waals surface area contributed by atoms with Crippen molar-refractivity contribution in [2.75, 3.05) is 18.6 Å². The lowest BCUT2D eigenvalue weighted by molar-refractivity contribution is 0.0954. The summed E-state index contributed by atoms with van der Waals surface area (Å²) in [4.78, 5) is 11.3. The number of carbonyl (C=O) groups is 1. The second-order valence-electron chi connectivity index (χ2n) is 3.74. The van der Waals surface area contributed by atoms with Crippen LogP contribution in [0.4, 0.5) is 4.39 Å². The van der Waals surface area contributed by atoms with Crippen LogP contribution in [0.15, 0.2) is 21.5 Å². The largest absolute Gasteiger partial charge is 0.351 e. The third-order valence-corrected chi connectivity index (χ3v) is 5.43. The SMILES string of the molecule is CS(=O)CCNC(=O)c1cc(F)cc(S(=O)(=O)Cl)c1Br. The summed E-state index contributed by atoms with van der Waals surface area (Å²) < 4.78 is 46.7. The van der Waals surface area contributed by atoms with Crippen LogP contribution in [-0.2, 0) is 19.9 Å². The second-order valence-corrected chi connectivity index (χ2v) is 8.62. The van der Waals surface area contributed by atoms with Crippen LogP contribution >= 0.6 is 26.6 Å². The minimum Gasteiger partial charge on any atom is -0.351 e. The molecule has 0 aliphatic heterocycles. The molecule has 0 heterocycles. The van der Waals surface area contributed by atoms with Crippen LogP contribution in [0, 0.1) is 5.82 Å². The van der Waals surface area contributed by atoms with Crippen LogP contribution in [0.2, 0.25) is 0 Å². The van der Waals surface area contributed by atoms with Gasteiger partial charge < -0.3 is 5.32 Å². The lowest BCUT2D eigenvalue weighted by Gasteiger charge is -2.09. The highest BCUT2D eigenvalue weighted by molar-refractivity contribution is 9.10. The first-order chi connectivity index (χ1) is 9.12. The smallest absolute Gasteiger partial charge is 0.262 e. The fourth-order valence-corrected chi connectivity index (χ4v) is 3.97. The monoisotopic (exact) mass is 405 g/mol. The Kier molecular flexibility index (Phi) is 6.11. The fraction of sp³-hybridized carbons (Fsp3) is 0.300. The Morgan fingerprint density at radius 1 is 1.50 bits per heavy atom. The van der Waals surface area contributed by atoms with Gasteiger partial charge in [0.2, 0.25) is 0 Å². The van der Waals surface area contributed by atoms with Gasteiger partial charge in [0.05, 0.1) is 10.0 Å². The fourth-order valence-electron chi connectivity index (χ4n) is 1.31. The molecule has 0 aliphatic rings. The molecule has 1 amide bonds. The molecule has 0 saturated heterocycles. The molecule has 0 aromatic heterocycles. The number of hydrogen-bond donors (Lipinski definition) is 1. The van der Waals surface area contributed by atoms with Crippen molar-refractivity contribution in [3.8, 4) is 0 Å². The maximum Gasteiger partial charge on any atom is 0.262 e. The summed E-state index contributed by atoms with van der Waals surface area (Å²) in [6.45, 7) is 0.119. The average Bonchev–Trinajstić information content (AvgIpc) is 2.29. The molecule has 0 spiro atoms. The standard InChI is InChI=1S/C10H10BrClFNO4S2/c1-19(16)3-2-14-10(15)7-4-6(13)5-8(9(7)11)20(12,17)18/h4-5H,2-3H2,1H3,(H,14,15). The first-order valence-corrected chi connectivity index (χ1v) is 9.98. The van der Waals surface area contributed by atoms with Crippen LogP contribution in [0.1, 0.15) is 10.4 Å². The number of nitrogens with one attached hydrogen (secondary N) is 1. The van der Waals surface area contributed by atoms with Gasteiger partial charge in [0.25, 0.3) is 15.0 Å². The molecule has 1 rings (SSSR count). The van der Waals surface area contributed by atoms with Gasteiger partial charge in [-0.1, -0.05) is 0 Å². The molecule has 1 atom stereocenters. The molecule has 1 aromatic rings. The highest BCUT2D eigenvalue weighted by atomic mass is 79.9. The van der Waals surface area contributed by atoms with Crippen molar-refractivity contribution < 1.29 is 21.8 Å². The Hall–Kier alpha value is -0.510. The third kappa shape index (κ3) is 4.80. The van der Waals surface area contributed by atoms with Crippen molar-refractivity contribution in [1.82, 2.24) is 5.32 Å². The first-order valence-electron chi connectivity index (χ1n) is 5.15. The molecule has 1 unspecified atom stereocenters. The highest BCUT2D eigenvalue weighted by Gasteiger charge is 2.22. The minimum atomic E-state index is -4.19. The average molecular weight is 407 g/mol. The van der Waals surface area contributed by atoms with Crippen molar-refractivity contribution in [1.29, 1.82) is 0 Å². The molecule has 1 N–H and O–H groups in total. The summed E-state index contributed by atoms with van der Waals surface area (Å²) in [5.74, 6) is -1.36. The zero-order valence-electron chi connectivity index (χ0n) is 10.2. The van der Waals surface area contributed by atoms with Gasteiger partial charge in [0.1, 0.15) is 10.7 Å². The van der Waals surface area contributed by atoms with Gasteiger partial charge in [-0.05, 0) is 28.1 Å². The van der Waals surface area contributed by atoms with Gasteiger partial charge in [0, 0.05) is 40.0 Å². The van der Waals surface area contributed by atoms with Crippen LogP contribution in [0.25, 0.3) is 0 Å². The van der Waals surface area contributed by atoms with Crippen molar-refractivity contribution in [3.05, 3.63) is 28.0 Å². The van der Waals surface area contributed by atoms with E-state index in [0.717, 1.165) is 6.07 Å². The van der Waals surface area contributed by atoms with Gasteiger partial charge in [-0.3, -0.25) is 9.00 Å². The molecule has 20 heavy (non-hydrogen) atoms. The number of carbonyl (C=O) groups excluding carboxylic acids is 1. The first kappa shape index (κ1) is 17.5. The van der Waals surface area contributed by atoms with E-state index in [4.69, 9.17) is 10.7 Å². The van der Waals surface area contributed by atoms with Crippen LogP contribution in [-0.4, -0.2) is 37.1 Å². The zero-order chi connectivity index (χ0) is 15.5. The Labute approximate surface area is 130 Å². The van der Waals surface area contributed by atoms with E-state index in [-0.39, 0.29) is 22.3 Å². The molecule has 10 heteroatoms. The Balaban J connectivity index is 3.10. The van der Waals surface area contributed by atoms with Crippen LogP contribution in [0.5, 0.6) is 0 Å². The van der Waals surface area contributed by atoms with Crippen LogP contribution < -0.4 is 5.32 Å². The lowest BCUT2D eigenvalue weighted by atomic mass is 10.2. The van der Waals surface area contributed by atoms with E-state index in [2.05, 4.69) is 21.2 Å². The minimum absolute atomic E-state index is 0.119. The van der Waals surface area contributed by atoms with Gasteiger partial charge in [-0.2, -0.15) is 0 Å². The Bertz CT molecular complexity index is 665. The molecule has 112 valence electrons. The van der Waals surface area contributed by atoms with Gasteiger partial charge >= 0.3 is 0 Å². The van der Waals surface area contributed by atoms with Gasteiger partial charge in [0.15, 0.2) is 0 Å². The summed E-state index contributed by atoms with van der Waals surface area (Å²) in [6.07, 6.45) is 1.47. The lowest BCUT2D eigenvalue weighted by Crippen LogP contribution is -2.28. The van der Waals surface area contributed by atoms with E-state index in [1.807, 2.05) is 0 Å². The maximum absolute atomic E-state index is 13.4. The van der Waals surface area contributed by atoms with E-state index in [1.54, 1.807) is 0 Å². The second kappa shape index (κ2) is 6.97. The quantitative estimate of drug-likeness (QED) is 0.754. The normalized spacial score (nSPS) is 13.0. The summed E-state index contributed by atoms with van der Waals surface area (Å²) >= 11 is 2.92. The number of hydrogen-bond acceptors (Lipinski definition) is 4. The predicted octanol–water partition coefficient (Wildman–Crippen LogP) is 1.62. The predicted molar refractivity (Wildman–Crippen MR) is 78.4 cm³/mol. The number of benzene rings is 1. The molecule has 0 fully saturated rings. The van der Waals surface area contributed by atoms with Crippen molar-refractivity contribution >= 4 is 52.4 Å². The van der Waals surface area contributed by atoms with Crippen molar-refractivity contribution in [3.63, 3.8) is 0 Å². The summed E-state index contributed by atoms with van der Waals surface area (Å²) in [7, 11) is -0.111. The zero-order valence-corrected chi connectivity index (χ0v) is 14.1. The molecule has 0 bridgehead atoms. The number of halogens is 3. The molecule has 5 nitrogen and oxygen atoms in total. The van der Waals surface area contributed by atoms with E-state index in [0.29, 0.717) is 6.07 Å². The third-order valence-electron chi connectivity index (χ3n) is 2.19. The summed E-state index contributed by atoms with van der Waals surface area (Å²) in [5.41, 5.74) is -0.203. The highest BCUT2D eigenvalue weighted by Crippen LogP contribution is 2.29. The molecular weight excluding hydrogens is 397 g/mol. The van der Waals surface area contributed by atoms with E-state index >= 15 is 0 Å². The van der Waals surface area contributed by atoms with Crippen LogP contribution in [0.3, 0.4) is 0 Å².